The zero-order chi connectivity index (χ0) is 20.7. The molecule has 5 atom stereocenters. The number of piperazine rings is 1. The summed E-state index contributed by atoms with van der Waals surface area (Å²) in [4.78, 5) is 31.4. The van der Waals surface area contributed by atoms with Gasteiger partial charge in [-0.25, -0.2) is 0 Å². The SMILES string of the molecule is Cc1ccc([C@@H](C)N2C(=O)[C@H]3C[C@@H]2CN3C[C@H](N)C(=O)N2CCC[C@H]2C#N)cc1. The maximum absolute atomic E-state index is 13.1. The number of carbonyl (C=O) groups is 2. The van der Waals surface area contributed by atoms with Crippen molar-refractivity contribution in [1.82, 2.24) is 14.7 Å². The monoisotopic (exact) mass is 395 g/mol. The van der Waals surface area contributed by atoms with Crippen LogP contribution >= 0.6 is 0 Å². The third kappa shape index (κ3) is 3.52. The van der Waals surface area contributed by atoms with Crippen molar-refractivity contribution >= 4 is 11.8 Å². The van der Waals surface area contributed by atoms with E-state index in [0.717, 1.165) is 24.9 Å². The first-order valence-electron chi connectivity index (χ1n) is 10.5. The highest BCUT2D eigenvalue weighted by Crippen LogP contribution is 2.38. The molecule has 2 N–H and O–H groups in total. The Balaban J connectivity index is 1.39. The van der Waals surface area contributed by atoms with Gasteiger partial charge in [0.25, 0.3) is 0 Å². The van der Waals surface area contributed by atoms with Gasteiger partial charge in [0.15, 0.2) is 0 Å². The summed E-state index contributed by atoms with van der Waals surface area (Å²) in [6, 6.07) is 9.47. The Morgan fingerprint density at radius 3 is 2.72 bits per heavy atom. The van der Waals surface area contributed by atoms with Crippen LogP contribution in [0, 0.1) is 18.3 Å². The first kappa shape index (κ1) is 19.9. The van der Waals surface area contributed by atoms with Crippen molar-refractivity contribution in [2.45, 2.75) is 63.3 Å². The maximum Gasteiger partial charge on any atom is 0.241 e. The van der Waals surface area contributed by atoms with Crippen LogP contribution in [0.2, 0.25) is 0 Å². The number of aryl methyl sites for hydroxylation is 1. The van der Waals surface area contributed by atoms with Gasteiger partial charge in [0.1, 0.15) is 6.04 Å². The molecule has 3 saturated heterocycles. The lowest BCUT2D eigenvalue weighted by atomic mass is 10.0. The minimum absolute atomic E-state index is 0.0385. The number of hydrogen-bond donors (Lipinski definition) is 1. The van der Waals surface area contributed by atoms with Crippen LogP contribution in [0.4, 0.5) is 0 Å². The van der Waals surface area contributed by atoms with Crippen LogP contribution in [0.15, 0.2) is 24.3 Å². The zero-order valence-electron chi connectivity index (χ0n) is 17.1. The number of nitrogens with two attached hydrogens (primary N) is 1. The van der Waals surface area contributed by atoms with Crippen LogP contribution in [0.25, 0.3) is 0 Å². The lowest BCUT2D eigenvalue weighted by Gasteiger charge is -2.38. The Kier molecular flexibility index (Phi) is 5.32. The fourth-order valence-electron chi connectivity index (χ4n) is 5.11. The van der Waals surface area contributed by atoms with Crippen LogP contribution < -0.4 is 5.73 Å². The van der Waals surface area contributed by atoms with Crippen molar-refractivity contribution in [1.29, 1.82) is 5.26 Å². The van der Waals surface area contributed by atoms with Crippen molar-refractivity contribution in [2.75, 3.05) is 19.6 Å². The fraction of sp³-hybridized carbons (Fsp3) is 0.591. The predicted octanol–water partition coefficient (Wildman–Crippen LogP) is 1.18. The van der Waals surface area contributed by atoms with Crippen LogP contribution in [0.1, 0.15) is 43.4 Å². The molecule has 0 aromatic heterocycles. The number of nitriles is 1. The van der Waals surface area contributed by atoms with Crippen LogP contribution in [0.3, 0.4) is 0 Å². The average molecular weight is 396 g/mol. The molecular formula is C22H29N5O2. The van der Waals surface area contributed by atoms with Crippen molar-refractivity contribution < 1.29 is 9.59 Å². The summed E-state index contributed by atoms with van der Waals surface area (Å²) in [7, 11) is 0. The minimum atomic E-state index is -0.695. The van der Waals surface area contributed by atoms with Crippen LogP contribution in [-0.4, -0.2) is 70.3 Å². The number of benzene rings is 1. The molecule has 0 radical (unpaired) electrons. The normalized spacial score (nSPS) is 28.6. The fourth-order valence-corrected chi connectivity index (χ4v) is 5.11. The van der Waals surface area contributed by atoms with E-state index < -0.39 is 6.04 Å². The molecule has 0 saturated carbocycles. The summed E-state index contributed by atoms with van der Waals surface area (Å²) in [5.74, 6) is -0.0424. The van der Waals surface area contributed by atoms with Gasteiger partial charge < -0.3 is 15.5 Å². The summed E-state index contributed by atoms with van der Waals surface area (Å²) < 4.78 is 0. The third-order valence-corrected chi connectivity index (χ3v) is 6.72. The molecule has 0 spiro atoms. The number of carbonyl (C=O) groups excluding carboxylic acids is 2. The number of fused-ring (bicyclic) bond motifs is 2. The maximum atomic E-state index is 13.1. The van der Waals surface area contributed by atoms with E-state index in [0.29, 0.717) is 19.5 Å². The Morgan fingerprint density at radius 2 is 2.07 bits per heavy atom. The third-order valence-electron chi connectivity index (χ3n) is 6.72. The molecule has 1 aromatic rings. The highest BCUT2D eigenvalue weighted by atomic mass is 16.2. The molecule has 2 amide bonds. The van der Waals surface area contributed by atoms with Crippen LogP contribution in [0.5, 0.6) is 0 Å². The summed E-state index contributed by atoms with van der Waals surface area (Å²) in [5, 5.41) is 9.22. The molecule has 7 nitrogen and oxygen atoms in total. The minimum Gasteiger partial charge on any atom is -0.330 e. The van der Waals surface area contributed by atoms with Gasteiger partial charge in [0, 0.05) is 25.7 Å². The first-order chi connectivity index (χ1) is 13.9. The van der Waals surface area contributed by atoms with E-state index in [1.54, 1.807) is 4.90 Å². The summed E-state index contributed by atoms with van der Waals surface area (Å²) in [5.41, 5.74) is 8.55. The Morgan fingerprint density at radius 1 is 1.34 bits per heavy atom. The molecule has 1 aromatic carbocycles. The van der Waals surface area contributed by atoms with Gasteiger partial charge in [-0.15, -0.1) is 0 Å². The Labute approximate surface area is 172 Å². The Hall–Kier alpha value is -2.43. The highest BCUT2D eigenvalue weighted by molar-refractivity contribution is 5.87. The lowest BCUT2D eigenvalue weighted by molar-refractivity contribution is -0.140. The topological polar surface area (TPSA) is 93.7 Å². The van der Waals surface area contributed by atoms with E-state index in [9.17, 15) is 14.9 Å². The number of likely N-dealkylation sites (tertiary alicyclic amines) is 3. The van der Waals surface area contributed by atoms with Gasteiger partial charge in [-0.3, -0.25) is 14.5 Å². The number of nitrogens with zero attached hydrogens (tertiary/aromatic N) is 4. The van der Waals surface area contributed by atoms with E-state index in [1.165, 1.54) is 5.56 Å². The molecule has 3 aliphatic rings. The summed E-state index contributed by atoms with van der Waals surface area (Å²) >= 11 is 0. The van der Waals surface area contributed by atoms with E-state index >= 15 is 0 Å². The van der Waals surface area contributed by atoms with Crippen molar-refractivity contribution in [2.24, 2.45) is 5.73 Å². The second-order valence-electron chi connectivity index (χ2n) is 8.62. The lowest BCUT2D eigenvalue weighted by Crippen LogP contribution is -2.56. The van der Waals surface area contributed by atoms with Crippen molar-refractivity contribution in [3.8, 4) is 6.07 Å². The van der Waals surface area contributed by atoms with E-state index in [4.69, 9.17) is 5.73 Å². The molecular weight excluding hydrogens is 366 g/mol. The van der Waals surface area contributed by atoms with Gasteiger partial charge >= 0.3 is 0 Å². The van der Waals surface area contributed by atoms with E-state index in [1.807, 2.05) is 4.90 Å². The van der Waals surface area contributed by atoms with E-state index in [2.05, 4.69) is 49.1 Å². The Bertz CT molecular complexity index is 833. The number of hydrogen-bond acceptors (Lipinski definition) is 5. The molecule has 154 valence electrons. The van der Waals surface area contributed by atoms with Crippen molar-refractivity contribution in [3.63, 3.8) is 0 Å². The first-order valence-corrected chi connectivity index (χ1v) is 10.5. The summed E-state index contributed by atoms with van der Waals surface area (Å²) in [6.07, 6.45) is 2.35. The smallest absolute Gasteiger partial charge is 0.241 e. The van der Waals surface area contributed by atoms with Gasteiger partial charge in [0.2, 0.25) is 11.8 Å². The molecule has 3 aliphatic heterocycles. The highest BCUT2D eigenvalue weighted by Gasteiger charge is 2.51. The van der Waals surface area contributed by atoms with Gasteiger partial charge in [-0.05, 0) is 38.7 Å². The average Bonchev–Trinajstić information content (AvgIpc) is 3.41. The molecule has 0 unspecified atom stereocenters. The molecule has 3 heterocycles. The van der Waals surface area contributed by atoms with Gasteiger partial charge in [0.05, 0.1) is 24.2 Å². The molecule has 29 heavy (non-hydrogen) atoms. The molecule has 3 fully saturated rings. The zero-order valence-corrected chi connectivity index (χ0v) is 17.1. The van der Waals surface area contributed by atoms with Gasteiger partial charge in [-0.2, -0.15) is 5.26 Å². The molecule has 2 bridgehead atoms. The molecule has 4 rings (SSSR count). The second-order valence-corrected chi connectivity index (χ2v) is 8.62. The molecule has 7 heteroatoms. The van der Waals surface area contributed by atoms with E-state index in [-0.39, 0.29) is 36.0 Å². The quantitative estimate of drug-likeness (QED) is 0.808. The number of amides is 2. The largest absolute Gasteiger partial charge is 0.330 e. The molecule has 0 aliphatic carbocycles. The second kappa shape index (κ2) is 7.77. The van der Waals surface area contributed by atoms with Crippen molar-refractivity contribution in [3.05, 3.63) is 35.4 Å². The number of rotatable bonds is 5. The summed E-state index contributed by atoms with van der Waals surface area (Å²) in [6.45, 7) is 5.85. The van der Waals surface area contributed by atoms with Gasteiger partial charge in [-0.1, -0.05) is 29.8 Å². The standard InChI is InChI=1S/C22H29N5O2/c1-14-5-7-16(8-6-14)15(2)27-18-10-20(22(27)29)25(12-18)13-19(24)21(28)26-9-3-4-17(26)11-23/h5-8,15,17-20H,3-4,9-10,12-13,24H2,1-2H3/t15-,17+,18-,19+,20-/m1/s1. The predicted molar refractivity (Wildman–Crippen MR) is 109 cm³/mol. The van der Waals surface area contributed by atoms with Crippen LogP contribution in [-0.2, 0) is 9.59 Å².